The molecule has 2 N–H and O–H groups in total. The minimum absolute atomic E-state index is 0. The third-order valence-electron chi connectivity index (χ3n) is 2.80. The van der Waals surface area contributed by atoms with Crippen molar-refractivity contribution in [1.29, 1.82) is 0 Å². The second kappa shape index (κ2) is 7.83. The van der Waals surface area contributed by atoms with Crippen molar-refractivity contribution < 1.29 is 13.0 Å². The van der Waals surface area contributed by atoms with Crippen LogP contribution in [0.3, 0.4) is 0 Å². The molecule has 5 nitrogen and oxygen atoms in total. The van der Waals surface area contributed by atoms with Crippen LogP contribution in [0.2, 0.25) is 0 Å². The second-order valence-corrected chi connectivity index (χ2v) is 5.53. The molecule has 0 saturated heterocycles. The summed E-state index contributed by atoms with van der Waals surface area (Å²) in [4.78, 5) is 7.27. The predicted octanol–water partition coefficient (Wildman–Crippen LogP) is 1.18. The number of hydrogen-bond acceptors (Lipinski definition) is 3. The molecule has 0 atom stereocenters. The summed E-state index contributed by atoms with van der Waals surface area (Å²) in [6.45, 7) is 0. The van der Waals surface area contributed by atoms with Gasteiger partial charge in [-0.25, -0.2) is 4.98 Å². The van der Waals surface area contributed by atoms with Crippen molar-refractivity contribution >= 4 is 102 Å². The number of aromatic amines is 1. The van der Waals surface area contributed by atoms with E-state index in [-0.39, 0.29) is 85.8 Å². The first kappa shape index (κ1) is 19.5. The normalized spacial score (nSPS) is 10.7. The molecule has 3 rings (SSSR count). The average molecular weight is 338 g/mol. The number of fused-ring (bicyclic) bond motifs is 1. The van der Waals surface area contributed by atoms with Crippen molar-refractivity contribution in [1.82, 2.24) is 9.97 Å². The van der Waals surface area contributed by atoms with E-state index in [9.17, 15) is 8.42 Å². The Hall–Kier alpha value is 0.456. The molecule has 0 radical (unpaired) electrons. The molecule has 2 aromatic carbocycles. The maximum atomic E-state index is 11.1. The van der Waals surface area contributed by atoms with Crippen LogP contribution in [0.15, 0.2) is 53.4 Å². The zero-order valence-corrected chi connectivity index (χ0v) is 10.6. The van der Waals surface area contributed by atoms with Gasteiger partial charge >= 0.3 is 80.9 Å². The van der Waals surface area contributed by atoms with Crippen LogP contribution in [0.1, 0.15) is 0 Å². The van der Waals surface area contributed by atoms with E-state index >= 15 is 0 Å². The van der Waals surface area contributed by atoms with E-state index in [2.05, 4.69) is 9.97 Å². The third kappa shape index (κ3) is 4.48. The standard InChI is InChI=1S/C13H10N2O3S.K.Na.2H/c16-19(17,18)10-6-7-11-12(8-10)15-13(14-11)9-4-2-1-3-5-9;;;;/h1-8H,(H,14,15)(H,16,17,18);;;;. The van der Waals surface area contributed by atoms with Gasteiger partial charge in [-0.1, -0.05) is 30.3 Å². The van der Waals surface area contributed by atoms with E-state index in [1.54, 1.807) is 6.07 Å². The summed E-state index contributed by atoms with van der Waals surface area (Å²) in [6, 6.07) is 13.8. The Bertz CT molecular complexity index is 850. The molecule has 0 aliphatic heterocycles. The van der Waals surface area contributed by atoms with E-state index in [1.807, 2.05) is 30.3 Å². The number of benzene rings is 2. The number of imidazole rings is 1. The van der Waals surface area contributed by atoms with E-state index in [1.165, 1.54) is 12.1 Å². The van der Waals surface area contributed by atoms with E-state index < -0.39 is 10.1 Å². The van der Waals surface area contributed by atoms with Gasteiger partial charge in [0, 0.05) is 5.56 Å². The van der Waals surface area contributed by atoms with Crippen LogP contribution in [-0.2, 0) is 10.1 Å². The fourth-order valence-corrected chi connectivity index (χ4v) is 2.38. The van der Waals surface area contributed by atoms with Crippen LogP contribution >= 0.6 is 0 Å². The van der Waals surface area contributed by atoms with Gasteiger partial charge in [0.05, 0.1) is 15.9 Å². The van der Waals surface area contributed by atoms with Crippen molar-refractivity contribution in [2.24, 2.45) is 0 Å². The van der Waals surface area contributed by atoms with Crippen molar-refractivity contribution in [3.05, 3.63) is 48.5 Å². The Morgan fingerprint density at radius 3 is 2.33 bits per heavy atom. The molecule has 1 aromatic heterocycles. The topological polar surface area (TPSA) is 83.0 Å². The van der Waals surface area contributed by atoms with Crippen LogP contribution < -0.4 is 0 Å². The van der Waals surface area contributed by atoms with Crippen molar-refractivity contribution in [2.75, 3.05) is 0 Å². The quantitative estimate of drug-likeness (QED) is 0.543. The molecule has 100 valence electrons. The Kier molecular flexibility index (Phi) is 7.27. The molecule has 0 aliphatic carbocycles. The zero-order valence-electron chi connectivity index (χ0n) is 9.74. The average Bonchev–Trinajstić information content (AvgIpc) is 2.81. The number of aromatic nitrogens is 2. The van der Waals surface area contributed by atoms with Crippen LogP contribution in [-0.4, -0.2) is 104 Å². The first-order valence-corrected chi connectivity index (χ1v) is 7.01. The minimum atomic E-state index is -4.20. The van der Waals surface area contributed by atoms with Gasteiger partial charge in [-0.15, -0.1) is 0 Å². The van der Waals surface area contributed by atoms with E-state index in [0.717, 1.165) is 5.56 Å². The number of H-pyrrole nitrogens is 1. The van der Waals surface area contributed by atoms with Gasteiger partial charge in [0.25, 0.3) is 10.1 Å². The van der Waals surface area contributed by atoms with Crippen LogP contribution in [0.4, 0.5) is 0 Å². The fourth-order valence-electron chi connectivity index (χ4n) is 1.88. The molecule has 0 amide bonds. The van der Waals surface area contributed by atoms with Gasteiger partial charge in [0.1, 0.15) is 5.82 Å². The van der Waals surface area contributed by atoms with Crippen molar-refractivity contribution in [2.45, 2.75) is 4.90 Å². The monoisotopic (exact) mass is 338 g/mol. The van der Waals surface area contributed by atoms with Gasteiger partial charge in [-0.2, -0.15) is 8.42 Å². The summed E-state index contributed by atoms with van der Waals surface area (Å²) in [6.07, 6.45) is 0. The van der Waals surface area contributed by atoms with Gasteiger partial charge in [-0.05, 0) is 18.2 Å². The molecule has 0 spiro atoms. The molecule has 0 aliphatic rings. The predicted molar refractivity (Wildman–Crippen MR) is 85.6 cm³/mol. The van der Waals surface area contributed by atoms with E-state index in [0.29, 0.717) is 16.9 Å². The molecule has 0 unspecified atom stereocenters. The molecule has 1 heterocycles. The molecule has 0 bridgehead atoms. The Morgan fingerprint density at radius 1 is 1.05 bits per heavy atom. The van der Waals surface area contributed by atoms with E-state index in [4.69, 9.17) is 4.55 Å². The zero-order chi connectivity index (χ0) is 13.5. The summed E-state index contributed by atoms with van der Waals surface area (Å²) >= 11 is 0. The molecule has 3 aromatic rings. The van der Waals surface area contributed by atoms with Crippen LogP contribution in [0.25, 0.3) is 22.4 Å². The summed E-state index contributed by atoms with van der Waals surface area (Å²) < 4.78 is 31.1. The van der Waals surface area contributed by atoms with Gasteiger partial charge in [0.2, 0.25) is 0 Å². The molecular weight excluding hydrogens is 326 g/mol. The van der Waals surface area contributed by atoms with Gasteiger partial charge in [-0.3, -0.25) is 4.55 Å². The number of nitrogens with zero attached hydrogens (tertiary/aromatic N) is 1. The summed E-state index contributed by atoms with van der Waals surface area (Å²) in [7, 11) is -4.20. The van der Waals surface area contributed by atoms with Gasteiger partial charge < -0.3 is 4.98 Å². The Labute approximate surface area is 187 Å². The third-order valence-corrected chi connectivity index (χ3v) is 3.65. The Balaban J connectivity index is 0.00000110. The van der Waals surface area contributed by atoms with Crippen LogP contribution in [0, 0.1) is 0 Å². The van der Waals surface area contributed by atoms with Crippen molar-refractivity contribution in [3.63, 3.8) is 0 Å². The second-order valence-electron chi connectivity index (χ2n) is 4.11. The Morgan fingerprint density at radius 2 is 1.71 bits per heavy atom. The summed E-state index contributed by atoms with van der Waals surface area (Å²) in [5, 5.41) is 0. The molecule has 0 saturated carbocycles. The van der Waals surface area contributed by atoms with Crippen molar-refractivity contribution in [3.8, 4) is 11.4 Å². The first-order valence-electron chi connectivity index (χ1n) is 5.57. The van der Waals surface area contributed by atoms with Crippen LogP contribution in [0.5, 0.6) is 0 Å². The maximum absolute atomic E-state index is 11.1. The molecule has 8 heteroatoms. The first-order chi connectivity index (χ1) is 9.04. The fraction of sp³-hybridized carbons (Fsp3) is 0. The SMILES string of the molecule is O=S(=O)(O)c1ccc2[nH]c(-c3ccccc3)nc2c1.[KH].[NaH]. The number of hydrogen-bond donors (Lipinski definition) is 2. The summed E-state index contributed by atoms with van der Waals surface area (Å²) in [5.74, 6) is 0.656. The number of rotatable bonds is 2. The molecular formula is C13H12KN2NaO3S. The summed E-state index contributed by atoms with van der Waals surface area (Å²) in [5.41, 5.74) is 2.12. The van der Waals surface area contributed by atoms with Gasteiger partial charge in [0.15, 0.2) is 0 Å². The molecule has 0 fully saturated rings. The molecule has 21 heavy (non-hydrogen) atoms. The number of nitrogens with one attached hydrogen (secondary N) is 1.